The van der Waals surface area contributed by atoms with Crippen molar-refractivity contribution in [3.05, 3.63) is 52.1 Å². The lowest BCUT2D eigenvalue weighted by Crippen LogP contribution is -2.44. The molecular weight excluding hydrogens is 396 g/mol. The predicted molar refractivity (Wildman–Crippen MR) is 106 cm³/mol. The van der Waals surface area contributed by atoms with Crippen molar-refractivity contribution in [1.29, 1.82) is 0 Å². The fourth-order valence-electron chi connectivity index (χ4n) is 2.83. The number of aromatic nitrogens is 1. The molecule has 0 unspecified atom stereocenters. The van der Waals surface area contributed by atoms with Gasteiger partial charge in [0, 0.05) is 43.4 Å². The maximum Gasteiger partial charge on any atom is 0.252 e. The lowest BCUT2D eigenvalue weighted by molar-refractivity contribution is 0.0949. The summed E-state index contributed by atoms with van der Waals surface area (Å²) in [5.41, 5.74) is 1.52. The highest BCUT2D eigenvalue weighted by Crippen LogP contribution is 2.22. The molecule has 1 fully saturated rings. The summed E-state index contributed by atoms with van der Waals surface area (Å²) in [5, 5.41) is 2.93. The molecule has 0 atom stereocenters. The van der Waals surface area contributed by atoms with Crippen LogP contribution in [0.2, 0.25) is 0 Å². The zero-order chi connectivity index (χ0) is 18.5. The summed E-state index contributed by atoms with van der Waals surface area (Å²) in [6.07, 6.45) is 1.83. The first-order valence-corrected chi connectivity index (χ1v) is 9.36. The Kier molecular flexibility index (Phi) is 6.11. The van der Waals surface area contributed by atoms with Crippen molar-refractivity contribution in [3.63, 3.8) is 0 Å². The van der Waals surface area contributed by atoms with Crippen molar-refractivity contribution in [2.24, 2.45) is 0 Å². The van der Waals surface area contributed by atoms with Crippen LogP contribution in [-0.4, -0.2) is 56.1 Å². The van der Waals surface area contributed by atoms with E-state index < -0.39 is 0 Å². The van der Waals surface area contributed by atoms with Gasteiger partial charge in [0.1, 0.15) is 11.6 Å². The van der Waals surface area contributed by atoms with Crippen molar-refractivity contribution in [2.75, 3.05) is 45.2 Å². The third-order valence-corrected chi connectivity index (χ3v) is 5.20. The SMILES string of the molecule is COc1ccc(Br)c(C(=O)NCc2ccc(N3CCN(C)CC3)nc2)c1. The molecule has 1 amide bonds. The Morgan fingerprint density at radius 2 is 2.00 bits per heavy atom. The van der Waals surface area contributed by atoms with Gasteiger partial charge in [-0.1, -0.05) is 6.07 Å². The molecule has 1 aliphatic rings. The van der Waals surface area contributed by atoms with Gasteiger partial charge in [0.2, 0.25) is 0 Å². The maximum atomic E-state index is 12.4. The number of nitrogens with one attached hydrogen (secondary N) is 1. The highest BCUT2D eigenvalue weighted by atomic mass is 79.9. The number of anilines is 1. The van der Waals surface area contributed by atoms with Crippen LogP contribution < -0.4 is 15.0 Å². The highest BCUT2D eigenvalue weighted by molar-refractivity contribution is 9.10. The summed E-state index contributed by atoms with van der Waals surface area (Å²) in [5.74, 6) is 1.49. The first kappa shape index (κ1) is 18.7. The Morgan fingerprint density at radius 1 is 1.23 bits per heavy atom. The first-order valence-electron chi connectivity index (χ1n) is 8.57. The van der Waals surface area contributed by atoms with Crippen LogP contribution in [0.15, 0.2) is 41.0 Å². The largest absolute Gasteiger partial charge is 0.497 e. The van der Waals surface area contributed by atoms with Crippen molar-refractivity contribution < 1.29 is 9.53 Å². The number of piperazine rings is 1. The number of hydrogen-bond acceptors (Lipinski definition) is 5. The third kappa shape index (κ3) is 4.53. The average molecular weight is 419 g/mol. The topological polar surface area (TPSA) is 57.7 Å². The molecule has 0 radical (unpaired) electrons. The Balaban J connectivity index is 1.59. The van der Waals surface area contributed by atoms with E-state index in [1.807, 2.05) is 24.4 Å². The van der Waals surface area contributed by atoms with Gasteiger partial charge in [-0.3, -0.25) is 4.79 Å². The minimum Gasteiger partial charge on any atom is -0.497 e. The van der Waals surface area contributed by atoms with E-state index in [9.17, 15) is 4.79 Å². The Labute approximate surface area is 162 Å². The number of carbonyl (C=O) groups excluding carboxylic acids is 1. The summed E-state index contributed by atoms with van der Waals surface area (Å²) in [4.78, 5) is 21.6. The van der Waals surface area contributed by atoms with Gasteiger partial charge in [-0.2, -0.15) is 0 Å². The lowest BCUT2D eigenvalue weighted by atomic mass is 10.2. The highest BCUT2D eigenvalue weighted by Gasteiger charge is 2.15. The normalized spacial score (nSPS) is 15.0. The van der Waals surface area contributed by atoms with E-state index in [0.29, 0.717) is 17.9 Å². The first-order chi connectivity index (χ1) is 12.6. The number of carbonyl (C=O) groups is 1. The predicted octanol–water partition coefficient (Wildman–Crippen LogP) is 2.53. The maximum absolute atomic E-state index is 12.4. The lowest BCUT2D eigenvalue weighted by Gasteiger charge is -2.33. The minimum atomic E-state index is -0.154. The fraction of sp³-hybridized carbons (Fsp3) is 0.368. The van der Waals surface area contributed by atoms with Crippen LogP contribution in [0.25, 0.3) is 0 Å². The molecular formula is C19H23BrN4O2. The third-order valence-electron chi connectivity index (χ3n) is 4.51. The van der Waals surface area contributed by atoms with Gasteiger partial charge >= 0.3 is 0 Å². The molecule has 0 spiro atoms. The molecule has 1 saturated heterocycles. The second-order valence-corrected chi connectivity index (χ2v) is 7.20. The molecule has 1 aromatic carbocycles. The molecule has 7 heteroatoms. The molecule has 2 heterocycles. The van der Waals surface area contributed by atoms with Gasteiger partial charge in [0.25, 0.3) is 5.91 Å². The number of likely N-dealkylation sites (N-methyl/N-ethyl adjacent to an activating group) is 1. The minimum absolute atomic E-state index is 0.154. The van der Waals surface area contributed by atoms with Crippen LogP contribution in [0.5, 0.6) is 5.75 Å². The van der Waals surface area contributed by atoms with Crippen molar-refractivity contribution >= 4 is 27.7 Å². The van der Waals surface area contributed by atoms with E-state index in [-0.39, 0.29) is 5.91 Å². The monoisotopic (exact) mass is 418 g/mol. The molecule has 6 nitrogen and oxygen atoms in total. The summed E-state index contributed by atoms with van der Waals surface area (Å²) in [6.45, 7) is 4.51. The van der Waals surface area contributed by atoms with Crippen LogP contribution in [0.1, 0.15) is 15.9 Å². The van der Waals surface area contributed by atoms with E-state index in [4.69, 9.17) is 4.74 Å². The average Bonchev–Trinajstić information content (AvgIpc) is 2.67. The number of amides is 1. The van der Waals surface area contributed by atoms with E-state index in [1.165, 1.54) is 0 Å². The molecule has 0 bridgehead atoms. The van der Waals surface area contributed by atoms with E-state index in [1.54, 1.807) is 19.2 Å². The van der Waals surface area contributed by atoms with Crippen LogP contribution in [-0.2, 0) is 6.54 Å². The zero-order valence-corrected chi connectivity index (χ0v) is 16.6. The molecule has 1 aromatic heterocycles. The molecule has 1 aliphatic heterocycles. The molecule has 2 aromatic rings. The van der Waals surface area contributed by atoms with Gasteiger partial charge < -0.3 is 19.9 Å². The van der Waals surface area contributed by atoms with Gasteiger partial charge in [-0.05, 0) is 52.8 Å². The number of methoxy groups -OCH3 is 1. The quantitative estimate of drug-likeness (QED) is 0.808. The number of hydrogen-bond donors (Lipinski definition) is 1. The molecule has 0 aliphatic carbocycles. The molecule has 3 rings (SSSR count). The summed E-state index contributed by atoms with van der Waals surface area (Å²) in [7, 11) is 3.72. The Morgan fingerprint density at radius 3 is 2.65 bits per heavy atom. The number of nitrogens with zero attached hydrogens (tertiary/aromatic N) is 3. The van der Waals surface area contributed by atoms with Crippen LogP contribution in [0, 0.1) is 0 Å². The van der Waals surface area contributed by atoms with Crippen LogP contribution in [0.4, 0.5) is 5.82 Å². The number of benzene rings is 1. The van der Waals surface area contributed by atoms with Gasteiger partial charge in [-0.15, -0.1) is 0 Å². The van der Waals surface area contributed by atoms with Gasteiger partial charge in [0.15, 0.2) is 0 Å². The Hall–Kier alpha value is -2.12. The molecule has 1 N–H and O–H groups in total. The van der Waals surface area contributed by atoms with Crippen molar-refractivity contribution in [1.82, 2.24) is 15.2 Å². The number of ether oxygens (including phenoxy) is 1. The second-order valence-electron chi connectivity index (χ2n) is 6.34. The fourth-order valence-corrected chi connectivity index (χ4v) is 3.25. The van der Waals surface area contributed by atoms with E-state index in [2.05, 4.69) is 43.1 Å². The van der Waals surface area contributed by atoms with E-state index in [0.717, 1.165) is 42.0 Å². The summed E-state index contributed by atoms with van der Waals surface area (Å²) < 4.78 is 5.92. The van der Waals surface area contributed by atoms with Gasteiger partial charge in [-0.25, -0.2) is 4.98 Å². The molecule has 26 heavy (non-hydrogen) atoms. The van der Waals surface area contributed by atoms with Gasteiger partial charge in [0.05, 0.1) is 12.7 Å². The number of pyridine rings is 1. The van der Waals surface area contributed by atoms with Crippen LogP contribution in [0.3, 0.4) is 0 Å². The summed E-state index contributed by atoms with van der Waals surface area (Å²) in [6, 6.07) is 9.37. The zero-order valence-electron chi connectivity index (χ0n) is 15.0. The van der Waals surface area contributed by atoms with Crippen molar-refractivity contribution in [2.45, 2.75) is 6.54 Å². The number of rotatable bonds is 5. The summed E-state index contributed by atoms with van der Waals surface area (Å²) >= 11 is 3.41. The van der Waals surface area contributed by atoms with Crippen LogP contribution >= 0.6 is 15.9 Å². The molecule has 0 saturated carbocycles. The standard InChI is InChI=1S/C19H23BrN4O2/c1-23-7-9-24(10-8-23)18-6-3-14(12-21-18)13-22-19(25)16-11-15(26-2)4-5-17(16)20/h3-6,11-12H,7-10,13H2,1-2H3,(H,22,25). The number of halogens is 1. The molecule has 138 valence electrons. The smallest absolute Gasteiger partial charge is 0.252 e. The Bertz CT molecular complexity index is 759. The second kappa shape index (κ2) is 8.51. The van der Waals surface area contributed by atoms with Crippen molar-refractivity contribution in [3.8, 4) is 5.75 Å². The van der Waals surface area contributed by atoms with E-state index >= 15 is 0 Å².